The molecule has 1 fully saturated rings. The van der Waals surface area contributed by atoms with E-state index in [9.17, 15) is 4.79 Å². The monoisotopic (exact) mass is 228 g/mol. The molecule has 1 atom stereocenters. The molecule has 0 aliphatic carbocycles. The van der Waals surface area contributed by atoms with Crippen molar-refractivity contribution in [2.24, 2.45) is 11.1 Å². The number of hydrogen-bond acceptors (Lipinski definition) is 3. The lowest BCUT2D eigenvalue weighted by Crippen LogP contribution is -2.49. The maximum Gasteiger partial charge on any atom is 0.410 e. The number of carbonyl (C=O) groups is 1. The van der Waals surface area contributed by atoms with Crippen LogP contribution in [0.2, 0.25) is 0 Å². The predicted octanol–water partition coefficient (Wildman–Crippen LogP) is 1.98. The van der Waals surface area contributed by atoms with Crippen molar-refractivity contribution in [2.75, 3.05) is 19.6 Å². The molecule has 0 spiro atoms. The number of carbonyl (C=O) groups excluding carboxylic acids is 1. The van der Waals surface area contributed by atoms with Crippen LogP contribution in [-0.4, -0.2) is 36.2 Å². The van der Waals surface area contributed by atoms with Gasteiger partial charge in [0.2, 0.25) is 0 Å². The predicted molar refractivity (Wildman–Crippen MR) is 64.2 cm³/mol. The Labute approximate surface area is 98.1 Å². The molecule has 1 rings (SSSR count). The van der Waals surface area contributed by atoms with Gasteiger partial charge in [-0.1, -0.05) is 6.92 Å². The van der Waals surface area contributed by atoms with E-state index >= 15 is 0 Å². The molecule has 1 heterocycles. The van der Waals surface area contributed by atoms with E-state index in [4.69, 9.17) is 10.5 Å². The van der Waals surface area contributed by atoms with Gasteiger partial charge in [-0.15, -0.1) is 0 Å². The maximum atomic E-state index is 11.9. The first-order valence-corrected chi connectivity index (χ1v) is 5.94. The van der Waals surface area contributed by atoms with Crippen LogP contribution in [0.3, 0.4) is 0 Å². The van der Waals surface area contributed by atoms with E-state index < -0.39 is 5.60 Å². The fourth-order valence-corrected chi connectivity index (χ4v) is 1.96. The van der Waals surface area contributed by atoms with Gasteiger partial charge in [0.05, 0.1) is 0 Å². The topological polar surface area (TPSA) is 55.6 Å². The van der Waals surface area contributed by atoms with Gasteiger partial charge in [-0.05, 0) is 45.6 Å². The second-order valence-corrected chi connectivity index (χ2v) is 6.02. The zero-order valence-electron chi connectivity index (χ0n) is 10.9. The first-order valence-electron chi connectivity index (χ1n) is 5.94. The Morgan fingerprint density at radius 3 is 2.62 bits per heavy atom. The van der Waals surface area contributed by atoms with Crippen molar-refractivity contribution in [1.82, 2.24) is 4.90 Å². The molecule has 0 bridgehead atoms. The molecule has 0 aromatic rings. The number of nitrogens with two attached hydrogens (primary N) is 1. The third-order valence-corrected chi connectivity index (χ3v) is 2.93. The Kier molecular flexibility index (Phi) is 3.84. The molecule has 4 nitrogen and oxygen atoms in total. The van der Waals surface area contributed by atoms with Crippen molar-refractivity contribution in [1.29, 1.82) is 0 Å². The molecule has 1 aliphatic heterocycles. The molecule has 0 saturated carbocycles. The minimum absolute atomic E-state index is 0.0507. The number of rotatable bonds is 1. The van der Waals surface area contributed by atoms with Gasteiger partial charge in [0.15, 0.2) is 0 Å². The average molecular weight is 228 g/mol. The van der Waals surface area contributed by atoms with Crippen LogP contribution in [0.5, 0.6) is 0 Å². The summed E-state index contributed by atoms with van der Waals surface area (Å²) in [5.41, 5.74) is 5.38. The highest BCUT2D eigenvalue weighted by Gasteiger charge is 2.33. The summed E-state index contributed by atoms with van der Waals surface area (Å²) in [4.78, 5) is 13.7. The highest BCUT2D eigenvalue weighted by Crippen LogP contribution is 2.28. The lowest BCUT2D eigenvalue weighted by molar-refractivity contribution is 0.00789. The largest absolute Gasteiger partial charge is 0.444 e. The zero-order chi connectivity index (χ0) is 12.4. The Morgan fingerprint density at radius 1 is 1.50 bits per heavy atom. The Hall–Kier alpha value is -0.770. The molecule has 16 heavy (non-hydrogen) atoms. The van der Waals surface area contributed by atoms with E-state index in [-0.39, 0.29) is 11.5 Å². The molecular weight excluding hydrogens is 204 g/mol. The number of ether oxygens (including phenoxy) is 1. The lowest BCUT2D eigenvalue weighted by atomic mass is 9.82. The van der Waals surface area contributed by atoms with Gasteiger partial charge in [0.25, 0.3) is 0 Å². The summed E-state index contributed by atoms with van der Waals surface area (Å²) in [5, 5.41) is 0. The van der Waals surface area contributed by atoms with Gasteiger partial charge in [0.1, 0.15) is 5.60 Å². The Morgan fingerprint density at radius 2 is 2.12 bits per heavy atom. The summed E-state index contributed by atoms with van der Waals surface area (Å²) in [6.45, 7) is 9.89. The average Bonchev–Trinajstić information content (AvgIpc) is 2.15. The molecule has 1 aliphatic rings. The molecule has 1 amide bonds. The van der Waals surface area contributed by atoms with Gasteiger partial charge >= 0.3 is 6.09 Å². The molecule has 0 aromatic heterocycles. The quantitative estimate of drug-likeness (QED) is 0.746. The van der Waals surface area contributed by atoms with Crippen LogP contribution in [0.1, 0.15) is 40.5 Å². The van der Waals surface area contributed by atoms with E-state index in [1.165, 1.54) is 0 Å². The molecule has 94 valence electrons. The molecule has 0 aromatic carbocycles. The number of amides is 1. The van der Waals surface area contributed by atoms with Crippen LogP contribution >= 0.6 is 0 Å². The van der Waals surface area contributed by atoms with Gasteiger partial charge in [-0.25, -0.2) is 4.79 Å². The summed E-state index contributed by atoms with van der Waals surface area (Å²) in [5.74, 6) is 0. The minimum atomic E-state index is -0.423. The molecule has 0 radical (unpaired) electrons. The first-order chi connectivity index (χ1) is 7.26. The molecule has 0 unspecified atom stereocenters. The van der Waals surface area contributed by atoms with Crippen LogP contribution in [0.25, 0.3) is 0 Å². The van der Waals surface area contributed by atoms with Crippen LogP contribution in [-0.2, 0) is 4.74 Å². The molecule has 4 heteroatoms. The Bertz CT molecular complexity index is 260. The number of piperidine rings is 1. The van der Waals surface area contributed by atoms with Crippen LogP contribution in [0.15, 0.2) is 0 Å². The third kappa shape index (κ3) is 3.67. The van der Waals surface area contributed by atoms with Crippen molar-refractivity contribution in [2.45, 2.75) is 46.1 Å². The highest BCUT2D eigenvalue weighted by molar-refractivity contribution is 5.68. The van der Waals surface area contributed by atoms with E-state index in [1.807, 2.05) is 20.8 Å². The van der Waals surface area contributed by atoms with E-state index in [1.54, 1.807) is 4.90 Å². The second-order valence-electron chi connectivity index (χ2n) is 6.02. The Balaban J connectivity index is 2.57. The summed E-state index contributed by atoms with van der Waals surface area (Å²) in [6.07, 6.45) is 1.88. The van der Waals surface area contributed by atoms with Gasteiger partial charge in [-0.3, -0.25) is 0 Å². The summed E-state index contributed by atoms with van der Waals surface area (Å²) in [7, 11) is 0. The number of nitrogens with zero attached hydrogens (tertiary/aromatic N) is 1. The van der Waals surface area contributed by atoms with Gasteiger partial charge < -0.3 is 15.4 Å². The van der Waals surface area contributed by atoms with Crippen LogP contribution in [0, 0.1) is 5.41 Å². The van der Waals surface area contributed by atoms with E-state index in [0.717, 1.165) is 19.4 Å². The summed E-state index contributed by atoms with van der Waals surface area (Å²) >= 11 is 0. The lowest BCUT2D eigenvalue weighted by Gasteiger charge is -2.40. The van der Waals surface area contributed by atoms with E-state index in [2.05, 4.69) is 6.92 Å². The minimum Gasteiger partial charge on any atom is -0.444 e. The number of hydrogen-bond donors (Lipinski definition) is 1. The fraction of sp³-hybridized carbons (Fsp3) is 0.917. The second kappa shape index (κ2) is 4.62. The third-order valence-electron chi connectivity index (χ3n) is 2.93. The smallest absolute Gasteiger partial charge is 0.410 e. The SMILES string of the molecule is CC(C)(C)OC(=O)N1CCC[C@@](C)(CN)C1. The van der Waals surface area contributed by atoms with Crippen molar-refractivity contribution in [3.8, 4) is 0 Å². The fourth-order valence-electron chi connectivity index (χ4n) is 1.96. The van der Waals surface area contributed by atoms with Gasteiger partial charge in [-0.2, -0.15) is 0 Å². The zero-order valence-corrected chi connectivity index (χ0v) is 10.9. The van der Waals surface area contributed by atoms with Gasteiger partial charge in [0, 0.05) is 13.1 Å². The van der Waals surface area contributed by atoms with Crippen LogP contribution in [0.4, 0.5) is 4.79 Å². The summed E-state index contributed by atoms with van der Waals surface area (Å²) < 4.78 is 5.36. The number of likely N-dealkylation sites (tertiary alicyclic amines) is 1. The van der Waals surface area contributed by atoms with Crippen molar-refractivity contribution in [3.05, 3.63) is 0 Å². The normalized spacial score (nSPS) is 26.7. The molecule has 2 N–H and O–H groups in total. The van der Waals surface area contributed by atoms with E-state index in [0.29, 0.717) is 13.1 Å². The first kappa shape index (κ1) is 13.3. The maximum absolute atomic E-state index is 11.9. The molecule has 1 saturated heterocycles. The van der Waals surface area contributed by atoms with Crippen molar-refractivity contribution < 1.29 is 9.53 Å². The molecular formula is C12H24N2O2. The standard InChI is InChI=1S/C12H24N2O2/c1-11(2,3)16-10(15)14-7-5-6-12(4,8-13)9-14/h5-9,13H2,1-4H3/t12-/m0/s1. The summed E-state index contributed by atoms with van der Waals surface area (Å²) in [6, 6.07) is 0. The van der Waals surface area contributed by atoms with Crippen LogP contribution < -0.4 is 5.73 Å². The van der Waals surface area contributed by atoms with Crippen molar-refractivity contribution >= 4 is 6.09 Å². The van der Waals surface area contributed by atoms with Crippen molar-refractivity contribution in [3.63, 3.8) is 0 Å². The highest BCUT2D eigenvalue weighted by atomic mass is 16.6.